The van der Waals surface area contributed by atoms with Gasteiger partial charge in [-0.2, -0.15) is 27.5 Å². The average molecular weight is 2080 g/mol. The molecule has 10 aliphatic rings. The van der Waals surface area contributed by atoms with Crippen LogP contribution < -0.4 is 10.7 Å². The van der Waals surface area contributed by atoms with Gasteiger partial charge in [0.2, 0.25) is 53.2 Å². The van der Waals surface area contributed by atoms with Gasteiger partial charge in [-0.3, -0.25) is 68.2 Å². The molecule has 0 radical (unpaired) electrons. The number of piperazine rings is 4. The molecule has 0 aromatic rings. The van der Waals surface area contributed by atoms with Crippen LogP contribution in [-0.2, 0) is 43.2 Å². The predicted molar refractivity (Wildman–Crippen MR) is 589 cm³/mol. The van der Waals surface area contributed by atoms with Gasteiger partial charge in [-0.15, -0.1) is 0 Å². The van der Waals surface area contributed by atoms with Gasteiger partial charge >= 0.3 is 0 Å². The number of halogens is 2. The van der Waals surface area contributed by atoms with Crippen molar-refractivity contribution >= 4 is 64.9 Å². The maximum absolute atomic E-state index is 13.0. The highest BCUT2D eigenvalue weighted by molar-refractivity contribution is 7.99. The van der Waals surface area contributed by atoms with Crippen molar-refractivity contribution in [3.8, 4) is 18.2 Å². The van der Waals surface area contributed by atoms with Gasteiger partial charge in [0.15, 0.2) is 0 Å². The van der Waals surface area contributed by atoms with Crippen LogP contribution in [0.25, 0.3) is 0 Å². The van der Waals surface area contributed by atoms with E-state index in [9.17, 15) is 51.9 Å². The Labute approximate surface area is 890 Å². The molecule has 0 bridgehead atoms. The van der Waals surface area contributed by atoms with Crippen molar-refractivity contribution < 1.29 is 51.9 Å². The van der Waals surface area contributed by atoms with E-state index in [2.05, 4.69) is 201 Å². The van der Waals surface area contributed by atoms with Crippen molar-refractivity contribution in [3.63, 3.8) is 0 Å². The lowest BCUT2D eigenvalue weighted by molar-refractivity contribution is -0.138. The summed E-state index contributed by atoms with van der Waals surface area (Å²) in [6, 6.07) is 8.66. The van der Waals surface area contributed by atoms with Crippen LogP contribution in [-0.4, -0.2) is 455 Å². The highest BCUT2D eigenvalue weighted by Gasteiger charge is 2.38. The van der Waals surface area contributed by atoms with E-state index in [1.807, 2.05) is 101 Å². The van der Waals surface area contributed by atoms with Crippen molar-refractivity contribution in [2.24, 2.45) is 63.6 Å². The number of likely N-dealkylation sites (tertiary alicyclic amines) is 5. The van der Waals surface area contributed by atoms with Crippen LogP contribution in [0, 0.1) is 97.6 Å². The van der Waals surface area contributed by atoms with E-state index in [0.717, 1.165) is 234 Å². The zero-order chi connectivity index (χ0) is 110. The molecule has 10 fully saturated rings. The maximum atomic E-state index is 13.0. The van der Waals surface area contributed by atoms with Crippen molar-refractivity contribution in [3.05, 3.63) is 0 Å². The lowest BCUT2D eigenvalue weighted by Crippen LogP contribution is -2.55. The zero-order valence-electron chi connectivity index (χ0n) is 97.3. The summed E-state index contributed by atoms with van der Waals surface area (Å²) >= 11 is 2.07. The number of thioether (sulfide) groups is 1. The number of carbonyl (C=O) groups excluding carboxylic acids is 9. The number of nitrogens with one attached hydrogen (secondary N) is 2. The summed E-state index contributed by atoms with van der Waals surface area (Å²) in [7, 11) is 13.3. The fourth-order valence-corrected chi connectivity index (χ4v) is 20.6. The summed E-state index contributed by atoms with van der Waals surface area (Å²) in [4.78, 5) is 139. The van der Waals surface area contributed by atoms with Gasteiger partial charge in [0.25, 0.3) is 5.92 Å². The molecule has 2 N–H and O–H groups in total. The van der Waals surface area contributed by atoms with Crippen LogP contribution in [0.3, 0.4) is 0 Å². The highest BCUT2D eigenvalue weighted by Crippen LogP contribution is 2.30. The van der Waals surface area contributed by atoms with Gasteiger partial charge < -0.3 is 59.2 Å². The summed E-state index contributed by atoms with van der Waals surface area (Å²) < 4.78 is 25.9. The molecule has 10 aliphatic heterocycles. The molecule has 10 rings (SSSR count). The molecule has 0 spiro atoms. The number of alkyl halides is 2. The van der Waals surface area contributed by atoms with E-state index in [4.69, 9.17) is 15.8 Å². The smallest absolute Gasteiger partial charge is 0.257 e. The summed E-state index contributed by atoms with van der Waals surface area (Å²) in [6.07, 6.45) is 15.9. The first kappa shape index (κ1) is 134. The fourth-order valence-electron chi connectivity index (χ4n) is 19.7. The van der Waals surface area contributed by atoms with Crippen LogP contribution >= 0.6 is 11.8 Å². The number of rotatable bonds is 32. The summed E-state index contributed by atoms with van der Waals surface area (Å²) in [5.74, 6) is 5.14. The standard InChI is InChI=1S/C20H38N4O2.C16H29N3O.C15H28N4O.C15H27N3O2.C14H26F2N2O.C14H26N2OS.C13H24N4O.C4H11N/c1-20(2,3)14-18(25)24-8-6-17(7-9-24)15-22-10-12-23(13-11-22)16-19(26)21(4)5;1-13(2)10-15(20)19-8-6-14(7-9-19)18(5)12-16(3,4)11-17;1-13(11-16)12-17(5)19-8-6-18(7-9-19)14(20)10-15(2,3)4;1-12(2)10-14(19)17-6-4-13(5-7-17)18-9-8-16(3)15(20)11-18;1-11(2)9-13(19)18-7-5-12(6-8-18)17(4)10-14(3,15)16;1-12(2)11-14(17)16-5-3-13(4-6-16)15-7-9-18-10-8-15;1-11(2)8-13(18)16-4-6-17(7-5-16)15-10-12(3)9-14;1-3-4-5-2/h17H,6-16H2,1-5H3;13-14H,6-10,12H2,1-5H3;13H,6-10,12H2,1-5H3;12-13H,4-11H2,1-3H3;11-12H,5-10H2,1-4H3;12-13H,3-11H2,1-2H3;11-12,15H,4-8,10H2,1-3H3;5H,3-4H2,1-2H3. The van der Waals surface area contributed by atoms with E-state index >= 15 is 0 Å². The minimum atomic E-state index is -2.65. The van der Waals surface area contributed by atoms with Crippen molar-refractivity contribution in [1.82, 2.24) is 99.3 Å². The first-order valence-electron chi connectivity index (χ1n) is 55.8. The Morgan fingerprint density at radius 2 is 0.795 bits per heavy atom. The quantitative estimate of drug-likeness (QED) is 0.0632. The molecular formula is C111H209F2N23O9S. The number of hydrogen-bond acceptors (Lipinski definition) is 24. The summed E-state index contributed by atoms with van der Waals surface area (Å²) in [5, 5.41) is 36.1. The predicted octanol–water partition coefficient (Wildman–Crippen LogP) is 12.4. The summed E-state index contributed by atoms with van der Waals surface area (Å²) in [5.41, 5.74) is 3.06. The Balaban J connectivity index is 0.000000435. The fraction of sp³-hybridized carbons (Fsp3) is 0.892. The van der Waals surface area contributed by atoms with Crippen LogP contribution in [0.15, 0.2) is 0 Å². The molecule has 0 aliphatic carbocycles. The Morgan fingerprint density at radius 1 is 0.438 bits per heavy atom. The topological polar surface area (TPSA) is 307 Å². The second-order valence-electron chi connectivity index (χ2n) is 48.5. The van der Waals surface area contributed by atoms with E-state index in [1.54, 1.807) is 21.7 Å². The Bertz CT molecular complexity index is 3830. The van der Waals surface area contributed by atoms with E-state index in [-0.39, 0.29) is 76.1 Å². The van der Waals surface area contributed by atoms with Gasteiger partial charge in [0.05, 0.1) is 55.1 Å². The van der Waals surface area contributed by atoms with E-state index < -0.39 is 5.92 Å². The number of amides is 9. The Morgan fingerprint density at radius 3 is 1.14 bits per heavy atom. The van der Waals surface area contributed by atoms with Gasteiger partial charge in [-0.05, 0) is 172 Å². The number of hydrogen-bond donors (Lipinski definition) is 2. The molecule has 0 saturated carbocycles. The number of carbonyl (C=O) groups is 9. The maximum Gasteiger partial charge on any atom is 0.257 e. The first-order chi connectivity index (χ1) is 68.4. The average Bonchev–Trinajstić information content (AvgIpc) is 0.830. The molecule has 2 unspecified atom stereocenters. The van der Waals surface area contributed by atoms with E-state index in [1.165, 1.54) is 43.9 Å². The van der Waals surface area contributed by atoms with Gasteiger partial charge in [-0.1, -0.05) is 118 Å². The second-order valence-corrected chi connectivity index (χ2v) is 49.7. The number of nitrogens with zero attached hydrogens (tertiary/aromatic N) is 21. The van der Waals surface area contributed by atoms with Gasteiger partial charge in [0.1, 0.15) is 0 Å². The number of hydrazine groups is 2. The Hall–Kier alpha value is -6.53. The van der Waals surface area contributed by atoms with Crippen LogP contribution in [0.2, 0.25) is 0 Å². The molecule has 32 nitrogen and oxygen atoms in total. The minimum absolute atomic E-state index is 0.0191. The van der Waals surface area contributed by atoms with E-state index in [0.29, 0.717) is 143 Å². The number of piperidine rings is 5. The molecule has 10 saturated heterocycles. The lowest BCUT2D eigenvalue weighted by atomic mass is 9.90. The third kappa shape index (κ3) is 56.7. The van der Waals surface area contributed by atoms with Crippen LogP contribution in [0.1, 0.15) is 268 Å². The second kappa shape index (κ2) is 69.2. The molecule has 0 aromatic carbocycles. The summed E-state index contributed by atoms with van der Waals surface area (Å²) in [6.45, 7) is 73.0. The highest BCUT2D eigenvalue weighted by atomic mass is 32.2. The molecule has 2 atom stereocenters. The van der Waals surface area contributed by atoms with Gasteiger partial charge in [-0.25, -0.2) is 23.8 Å². The molecule has 10 heterocycles. The monoisotopic (exact) mass is 2080 g/mol. The molecule has 35 heteroatoms. The molecule has 9 amide bonds. The lowest BCUT2D eigenvalue weighted by Gasteiger charge is -2.41. The molecule has 0 aromatic heterocycles. The SMILES string of the molecule is CC(C#N)CN(C)N1CCN(C(=O)CC(C)(C)C)CC1.CC(C)CC(=O)N1CCC(N(C)CC(C)(C)C#N)CC1.CC(C)CC(=O)N1CCC(N(C)CC(C)(F)F)CC1.CC(C)CC(=O)N1CCC(N2CCN(C)C(=O)C2)CC1.CC(C)CC(=O)N1CCC(N2CCSCC2)CC1.CC(C)CC(=O)N1CCN(NCC(C)C#N)CC1.CCCNC.CN(C)C(=O)CN1CCN(CC2CCN(C(=O)CC(C)(C)C)CC2)CC1. The van der Waals surface area contributed by atoms with Crippen LogP contribution in [0.4, 0.5) is 8.78 Å². The third-order valence-electron chi connectivity index (χ3n) is 28.5. The van der Waals surface area contributed by atoms with Crippen molar-refractivity contribution in [2.75, 3.05) is 283 Å². The molecule has 146 heavy (non-hydrogen) atoms. The number of nitriles is 3. The largest absolute Gasteiger partial charge is 0.348 e. The first-order valence-corrected chi connectivity index (χ1v) is 57.0. The molecular weight excluding hydrogens is 1870 g/mol. The van der Waals surface area contributed by atoms with Gasteiger partial charge in [0, 0.05) is 312 Å². The number of likely N-dealkylation sites (N-methyl/N-ethyl adjacent to an activating group) is 2. The minimum Gasteiger partial charge on any atom is -0.348 e. The van der Waals surface area contributed by atoms with Crippen molar-refractivity contribution in [2.45, 2.75) is 298 Å². The third-order valence-corrected chi connectivity index (χ3v) is 29.4. The normalized spacial score (nSPS) is 19.8. The zero-order valence-corrected chi connectivity index (χ0v) is 98.2. The Kier molecular flexibility index (Phi) is 63.3. The molecule has 842 valence electrons. The van der Waals surface area contributed by atoms with Crippen LogP contribution in [0.5, 0.6) is 0 Å². The van der Waals surface area contributed by atoms with Crippen molar-refractivity contribution in [1.29, 1.82) is 15.8 Å².